The molecule has 0 unspecified atom stereocenters. The molecule has 0 saturated carbocycles. The van der Waals surface area contributed by atoms with Gasteiger partial charge in [-0.15, -0.1) is 0 Å². The number of benzene rings is 1. The van der Waals surface area contributed by atoms with Crippen molar-refractivity contribution in [3.05, 3.63) is 28.3 Å². The summed E-state index contributed by atoms with van der Waals surface area (Å²) in [4.78, 5) is 10.7. The Labute approximate surface area is 88.8 Å². The smallest absolute Gasteiger partial charge is 0.151 e. The van der Waals surface area contributed by atoms with Crippen molar-refractivity contribution in [3.8, 4) is 5.75 Å². The molecule has 76 valence electrons. The molecule has 0 aliphatic rings. The Balaban J connectivity index is 3.32. The number of methoxy groups -OCH3 is 1. The second-order valence-electron chi connectivity index (χ2n) is 3.39. The van der Waals surface area contributed by atoms with Crippen molar-refractivity contribution in [3.63, 3.8) is 0 Å². The van der Waals surface area contributed by atoms with Gasteiger partial charge in [0.2, 0.25) is 0 Å². The molecule has 0 aromatic heterocycles. The Morgan fingerprint density at radius 3 is 2.50 bits per heavy atom. The maximum absolute atomic E-state index is 10.7. The number of hydrogen-bond acceptors (Lipinski definition) is 2. The molecule has 0 aliphatic heterocycles. The molecule has 0 saturated heterocycles. The zero-order valence-corrected chi connectivity index (χ0v) is 9.26. The highest BCUT2D eigenvalue weighted by Gasteiger charge is 2.11. The van der Waals surface area contributed by atoms with Crippen LogP contribution in [0.15, 0.2) is 12.1 Å². The lowest BCUT2D eigenvalue weighted by Gasteiger charge is -2.12. The number of ether oxygens (including phenoxy) is 1. The van der Waals surface area contributed by atoms with E-state index in [1.165, 1.54) is 0 Å². The summed E-state index contributed by atoms with van der Waals surface area (Å²) in [6.07, 6.45) is 0.758. The largest absolute Gasteiger partial charge is 0.496 e. The molecule has 3 heteroatoms. The number of hydrogen-bond donors (Lipinski definition) is 0. The number of carbonyl (C=O) groups is 1. The van der Waals surface area contributed by atoms with Gasteiger partial charge in [-0.25, -0.2) is 0 Å². The lowest BCUT2D eigenvalue weighted by Crippen LogP contribution is -1.96. The molecule has 2 nitrogen and oxygen atoms in total. The molecule has 0 aliphatic carbocycles. The molecule has 0 fully saturated rings. The number of aldehydes is 1. The van der Waals surface area contributed by atoms with Crippen LogP contribution in [0.1, 0.15) is 35.7 Å². The van der Waals surface area contributed by atoms with E-state index in [1.807, 2.05) is 13.8 Å². The Kier molecular flexibility index (Phi) is 3.53. The summed E-state index contributed by atoms with van der Waals surface area (Å²) in [6.45, 7) is 4.08. The number of carbonyl (C=O) groups excluding carboxylic acids is 1. The van der Waals surface area contributed by atoms with E-state index in [1.54, 1.807) is 19.2 Å². The first-order chi connectivity index (χ1) is 6.60. The fourth-order valence-corrected chi connectivity index (χ4v) is 1.51. The van der Waals surface area contributed by atoms with Crippen LogP contribution in [-0.4, -0.2) is 13.4 Å². The van der Waals surface area contributed by atoms with E-state index >= 15 is 0 Å². The summed E-state index contributed by atoms with van der Waals surface area (Å²) in [5.74, 6) is 1.04. The highest BCUT2D eigenvalue weighted by molar-refractivity contribution is 6.33. The maximum atomic E-state index is 10.7. The van der Waals surface area contributed by atoms with Crippen molar-refractivity contribution in [2.45, 2.75) is 19.8 Å². The zero-order chi connectivity index (χ0) is 10.7. The Hall–Kier alpha value is -1.02. The van der Waals surface area contributed by atoms with Crippen LogP contribution in [-0.2, 0) is 0 Å². The van der Waals surface area contributed by atoms with Crippen LogP contribution in [0, 0.1) is 0 Å². The number of rotatable bonds is 3. The van der Waals surface area contributed by atoms with Crippen molar-refractivity contribution < 1.29 is 9.53 Å². The first kappa shape index (κ1) is 11.1. The van der Waals surface area contributed by atoms with Gasteiger partial charge in [-0.2, -0.15) is 0 Å². The van der Waals surface area contributed by atoms with Gasteiger partial charge < -0.3 is 4.74 Å². The van der Waals surface area contributed by atoms with Crippen molar-refractivity contribution in [1.82, 2.24) is 0 Å². The van der Waals surface area contributed by atoms with Crippen molar-refractivity contribution in [2.24, 2.45) is 0 Å². The molecular weight excluding hydrogens is 200 g/mol. The second kappa shape index (κ2) is 4.47. The molecule has 0 bridgehead atoms. The van der Waals surface area contributed by atoms with Crippen LogP contribution in [0.3, 0.4) is 0 Å². The summed E-state index contributed by atoms with van der Waals surface area (Å²) < 4.78 is 5.19. The van der Waals surface area contributed by atoms with Crippen molar-refractivity contribution >= 4 is 17.9 Å². The van der Waals surface area contributed by atoms with E-state index in [-0.39, 0.29) is 0 Å². The standard InChI is InChI=1S/C11H13ClO2/c1-7(2)9-4-8(6-13)10(12)5-11(9)14-3/h4-7H,1-3H3. The minimum absolute atomic E-state index is 0.306. The van der Waals surface area contributed by atoms with Crippen LogP contribution in [0.25, 0.3) is 0 Å². The zero-order valence-electron chi connectivity index (χ0n) is 8.50. The molecule has 0 atom stereocenters. The van der Waals surface area contributed by atoms with Gasteiger partial charge >= 0.3 is 0 Å². The minimum atomic E-state index is 0.306. The Bertz CT molecular complexity index is 345. The first-order valence-electron chi connectivity index (χ1n) is 4.42. The average molecular weight is 213 g/mol. The Morgan fingerprint density at radius 1 is 1.43 bits per heavy atom. The van der Waals surface area contributed by atoms with Gasteiger partial charge in [0.25, 0.3) is 0 Å². The van der Waals surface area contributed by atoms with Gasteiger partial charge in [0.15, 0.2) is 6.29 Å². The molecule has 0 heterocycles. The lowest BCUT2D eigenvalue weighted by molar-refractivity contribution is 0.112. The third-order valence-electron chi connectivity index (χ3n) is 2.10. The van der Waals surface area contributed by atoms with Crippen LogP contribution < -0.4 is 4.74 Å². The van der Waals surface area contributed by atoms with E-state index in [2.05, 4.69) is 0 Å². The summed E-state index contributed by atoms with van der Waals surface area (Å²) in [7, 11) is 1.60. The maximum Gasteiger partial charge on any atom is 0.151 e. The van der Waals surface area contributed by atoms with Crippen LogP contribution in [0.4, 0.5) is 0 Å². The molecular formula is C11H13ClO2. The third kappa shape index (κ3) is 2.07. The van der Waals surface area contributed by atoms with E-state index in [0.717, 1.165) is 17.6 Å². The monoisotopic (exact) mass is 212 g/mol. The van der Waals surface area contributed by atoms with Gasteiger partial charge in [-0.1, -0.05) is 25.4 Å². The highest BCUT2D eigenvalue weighted by atomic mass is 35.5. The first-order valence-corrected chi connectivity index (χ1v) is 4.80. The fourth-order valence-electron chi connectivity index (χ4n) is 1.31. The van der Waals surface area contributed by atoms with E-state index in [9.17, 15) is 4.79 Å². The van der Waals surface area contributed by atoms with E-state index in [0.29, 0.717) is 16.5 Å². The molecule has 1 aromatic rings. The topological polar surface area (TPSA) is 26.3 Å². The number of halogens is 1. The molecule has 0 spiro atoms. The molecule has 0 N–H and O–H groups in total. The predicted molar refractivity (Wildman–Crippen MR) is 57.5 cm³/mol. The minimum Gasteiger partial charge on any atom is -0.496 e. The molecule has 0 radical (unpaired) electrons. The van der Waals surface area contributed by atoms with Crippen LogP contribution in [0.2, 0.25) is 5.02 Å². The van der Waals surface area contributed by atoms with Gasteiger partial charge in [-0.3, -0.25) is 4.79 Å². The van der Waals surface area contributed by atoms with Gasteiger partial charge in [0.05, 0.1) is 12.1 Å². The van der Waals surface area contributed by atoms with Gasteiger partial charge in [0.1, 0.15) is 5.75 Å². The third-order valence-corrected chi connectivity index (χ3v) is 2.43. The van der Waals surface area contributed by atoms with E-state index < -0.39 is 0 Å². The lowest BCUT2D eigenvalue weighted by atomic mass is 10.00. The molecule has 1 aromatic carbocycles. The SMILES string of the molecule is COc1cc(Cl)c(C=O)cc1C(C)C. The second-order valence-corrected chi connectivity index (χ2v) is 3.80. The predicted octanol–water partition coefficient (Wildman–Crippen LogP) is 3.28. The van der Waals surface area contributed by atoms with Crippen molar-refractivity contribution in [1.29, 1.82) is 0 Å². The summed E-state index contributed by atoms with van der Waals surface area (Å²) in [6, 6.07) is 3.46. The van der Waals surface area contributed by atoms with Gasteiger partial charge in [-0.05, 0) is 23.6 Å². The normalized spacial score (nSPS) is 10.4. The van der Waals surface area contributed by atoms with Crippen molar-refractivity contribution in [2.75, 3.05) is 7.11 Å². The van der Waals surface area contributed by atoms with Gasteiger partial charge in [0, 0.05) is 5.56 Å². The van der Waals surface area contributed by atoms with Crippen LogP contribution >= 0.6 is 11.6 Å². The Morgan fingerprint density at radius 2 is 2.07 bits per heavy atom. The summed E-state index contributed by atoms with van der Waals surface area (Å²) in [5, 5.41) is 0.432. The molecule has 1 rings (SSSR count). The van der Waals surface area contributed by atoms with Crippen LogP contribution in [0.5, 0.6) is 5.75 Å². The highest BCUT2D eigenvalue weighted by Crippen LogP contribution is 2.31. The molecule has 0 amide bonds. The molecule has 14 heavy (non-hydrogen) atoms. The summed E-state index contributed by atoms with van der Waals surface area (Å²) in [5.41, 5.74) is 1.51. The van der Waals surface area contributed by atoms with E-state index in [4.69, 9.17) is 16.3 Å². The average Bonchev–Trinajstić information content (AvgIpc) is 2.16. The quantitative estimate of drug-likeness (QED) is 0.719. The fraction of sp³-hybridized carbons (Fsp3) is 0.364. The summed E-state index contributed by atoms with van der Waals surface area (Å²) >= 11 is 5.87.